The molecule has 3 rings (SSSR count). The molecule has 1 N–H and O–H groups in total. The number of pyridine rings is 1. The number of benzene rings is 1. The van der Waals surface area contributed by atoms with Crippen molar-refractivity contribution in [3.05, 3.63) is 57.0 Å². The molecule has 5 heteroatoms. The van der Waals surface area contributed by atoms with Crippen LogP contribution in [0, 0.1) is 13.8 Å². The molecule has 0 fully saturated rings. The van der Waals surface area contributed by atoms with Gasteiger partial charge in [0.15, 0.2) is 0 Å². The standard InChI is InChI=1S/C14H12ClN3O/c1-8-11-9(2)17-18(10-6-4-3-5-7-10)13(11)16-14(19)12(8)15/h3-7H,1-2H3,(H,16,19). The van der Waals surface area contributed by atoms with Crippen LogP contribution in [0.25, 0.3) is 16.7 Å². The molecule has 96 valence electrons. The van der Waals surface area contributed by atoms with Crippen molar-refractivity contribution < 1.29 is 0 Å². The van der Waals surface area contributed by atoms with Gasteiger partial charge in [0.2, 0.25) is 0 Å². The van der Waals surface area contributed by atoms with Gasteiger partial charge in [0, 0.05) is 5.39 Å². The lowest BCUT2D eigenvalue weighted by Gasteiger charge is -2.04. The van der Waals surface area contributed by atoms with Crippen LogP contribution in [0.4, 0.5) is 0 Å². The first-order valence-corrected chi connectivity index (χ1v) is 6.30. The van der Waals surface area contributed by atoms with E-state index in [4.69, 9.17) is 11.6 Å². The molecule has 0 atom stereocenters. The van der Waals surface area contributed by atoms with Crippen molar-refractivity contribution in [1.82, 2.24) is 14.8 Å². The monoisotopic (exact) mass is 273 g/mol. The molecule has 0 radical (unpaired) electrons. The van der Waals surface area contributed by atoms with Crippen LogP contribution in [-0.2, 0) is 0 Å². The first-order valence-electron chi connectivity index (χ1n) is 5.92. The summed E-state index contributed by atoms with van der Waals surface area (Å²) in [7, 11) is 0. The van der Waals surface area contributed by atoms with Crippen LogP contribution in [0.15, 0.2) is 35.1 Å². The van der Waals surface area contributed by atoms with E-state index in [0.29, 0.717) is 5.65 Å². The Bertz CT molecular complexity index is 818. The first kappa shape index (κ1) is 12.0. The van der Waals surface area contributed by atoms with E-state index in [-0.39, 0.29) is 10.6 Å². The summed E-state index contributed by atoms with van der Waals surface area (Å²) in [6, 6.07) is 9.67. The second kappa shape index (κ2) is 4.24. The van der Waals surface area contributed by atoms with Gasteiger partial charge in [-0.3, -0.25) is 4.79 Å². The van der Waals surface area contributed by atoms with E-state index >= 15 is 0 Å². The zero-order valence-electron chi connectivity index (χ0n) is 10.6. The summed E-state index contributed by atoms with van der Waals surface area (Å²) in [4.78, 5) is 14.6. The van der Waals surface area contributed by atoms with E-state index in [9.17, 15) is 4.79 Å². The first-order chi connectivity index (χ1) is 9.09. The second-order valence-corrected chi connectivity index (χ2v) is 4.83. The number of halogens is 1. The molecule has 4 nitrogen and oxygen atoms in total. The predicted molar refractivity (Wildman–Crippen MR) is 76.2 cm³/mol. The Hall–Kier alpha value is -2.07. The van der Waals surface area contributed by atoms with Crippen LogP contribution >= 0.6 is 11.6 Å². The van der Waals surface area contributed by atoms with Gasteiger partial charge in [-0.2, -0.15) is 5.10 Å². The predicted octanol–water partition coefficient (Wildman–Crippen LogP) is 2.98. The summed E-state index contributed by atoms with van der Waals surface area (Å²) in [6.45, 7) is 3.74. The van der Waals surface area contributed by atoms with Crippen molar-refractivity contribution in [3.63, 3.8) is 0 Å². The van der Waals surface area contributed by atoms with Gasteiger partial charge in [-0.05, 0) is 31.5 Å². The lowest BCUT2D eigenvalue weighted by molar-refractivity contribution is 0.876. The molecule has 0 amide bonds. The third-order valence-electron chi connectivity index (χ3n) is 3.20. The molecule has 0 aliphatic carbocycles. The summed E-state index contributed by atoms with van der Waals surface area (Å²) in [5.41, 5.74) is 2.90. The summed E-state index contributed by atoms with van der Waals surface area (Å²) >= 11 is 6.00. The number of para-hydroxylation sites is 1. The van der Waals surface area contributed by atoms with E-state index in [1.54, 1.807) is 4.68 Å². The van der Waals surface area contributed by atoms with E-state index in [2.05, 4.69) is 10.1 Å². The molecule has 1 aromatic carbocycles. The average molecular weight is 274 g/mol. The molecule has 2 heterocycles. The lowest BCUT2D eigenvalue weighted by Crippen LogP contribution is -2.10. The van der Waals surface area contributed by atoms with Crippen molar-refractivity contribution in [2.24, 2.45) is 0 Å². The zero-order valence-corrected chi connectivity index (χ0v) is 11.3. The number of hydrogen-bond donors (Lipinski definition) is 1. The summed E-state index contributed by atoms with van der Waals surface area (Å²) in [6.07, 6.45) is 0. The number of hydrogen-bond acceptors (Lipinski definition) is 2. The van der Waals surface area contributed by atoms with Gasteiger partial charge in [0.1, 0.15) is 10.7 Å². The number of rotatable bonds is 1. The van der Waals surface area contributed by atoms with Crippen molar-refractivity contribution in [2.45, 2.75) is 13.8 Å². The Kier molecular flexibility index (Phi) is 2.68. The SMILES string of the molecule is Cc1nn(-c2ccccc2)c2[nH]c(=O)c(Cl)c(C)c12. The van der Waals surface area contributed by atoms with Gasteiger partial charge in [0.05, 0.1) is 11.4 Å². The number of H-pyrrole nitrogens is 1. The minimum Gasteiger partial charge on any atom is -0.305 e. The van der Waals surface area contributed by atoms with Crippen LogP contribution in [0.2, 0.25) is 5.02 Å². The van der Waals surface area contributed by atoms with Crippen molar-refractivity contribution in [2.75, 3.05) is 0 Å². The summed E-state index contributed by atoms with van der Waals surface area (Å²) < 4.78 is 1.73. The highest BCUT2D eigenvalue weighted by Crippen LogP contribution is 2.25. The molecule has 0 spiro atoms. The van der Waals surface area contributed by atoms with Crippen molar-refractivity contribution in [3.8, 4) is 5.69 Å². The highest BCUT2D eigenvalue weighted by molar-refractivity contribution is 6.32. The van der Waals surface area contributed by atoms with E-state index in [1.165, 1.54) is 0 Å². The van der Waals surface area contributed by atoms with Crippen molar-refractivity contribution in [1.29, 1.82) is 0 Å². The third-order valence-corrected chi connectivity index (χ3v) is 3.65. The Morgan fingerprint density at radius 3 is 2.58 bits per heavy atom. The number of aryl methyl sites for hydroxylation is 2. The van der Waals surface area contributed by atoms with Crippen LogP contribution in [0.1, 0.15) is 11.3 Å². The van der Waals surface area contributed by atoms with Gasteiger partial charge in [-0.15, -0.1) is 0 Å². The molecule has 3 aromatic rings. The Labute approximate surface area is 114 Å². The topological polar surface area (TPSA) is 50.7 Å². The fraction of sp³-hybridized carbons (Fsp3) is 0.143. The molecule has 0 bridgehead atoms. The number of nitrogens with zero attached hydrogens (tertiary/aromatic N) is 2. The Morgan fingerprint density at radius 2 is 1.89 bits per heavy atom. The molecular formula is C14H12ClN3O. The van der Waals surface area contributed by atoms with E-state index in [1.807, 2.05) is 44.2 Å². The maximum absolute atomic E-state index is 11.8. The maximum Gasteiger partial charge on any atom is 0.268 e. The van der Waals surface area contributed by atoms with Crippen LogP contribution in [-0.4, -0.2) is 14.8 Å². The lowest BCUT2D eigenvalue weighted by atomic mass is 10.2. The molecule has 0 saturated heterocycles. The molecule has 19 heavy (non-hydrogen) atoms. The summed E-state index contributed by atoms with van der Waals surface area (Å²) in [5.74, 6) is 0. The number of aromatic nitrogens is 3. The normalized spacial score (nSPS) is 11.1. The third kappa shape index (κ3) is 1.76. The number of fused-ring (bicyclic) bond motifs is 1. The molecule has 0 aliphatic rings. The Morgan fingerprint density at radius 1 is 1.21 bits per heavy atom. The molecular weight excluding hydrogens is 262 g/mol. The van der Waals surface area contributed by atoms with E-state index < -0.39 is 0 Å². The van der Waals surface area contributed by atoms with Gasteiger partial charge in [-0.1, -0.05) is 29.8 Å². The van der Waals surface area contributed by atoms with E-state index in [0.717, 1.165) is 22.3 Å². The van der Waals surface area contributed by atoms with Crippen LogP contribution < -0.4 is 5.56 Å². The van der Waals surface area contributed by atoms with Gasteiger partial charge < -0.3 is 4.98 Å². The molecule has 0 unspecified atom stereocenters. The van der Waals surface area contributed by atoms with Gasteiger partial charge in [0.25, 0.3) is 5.56 Å². The molecule has 0 aliphatic heterocycles. The second-order valence-electron chi connectivity index (χ2n) is 4.45. The van der Waals surface area contributed by atoms with Gasteiger partial charge in [-0.25, -0.2) is 4.68 Å². The van der Waals surface area contributed by atoms with Gasteiger partial charge >= 0.3 is 0 Å². The highest BCUT2D eigenvalue weighted by atomic mass is 35.5. The zero-order chi connectivity index (χ0) is 13.6. The summed E-state index contributed by atoms with van der Waals surface area (Å²) in [5, 5.41) is 5.61. The quantitative estimate of drug-likeness (QED) is 0.741. The Balaban J connectivity index is 2.44. The molecule has 0 saturated carbocycles. The number of aromatic amines is 1. The number of nitrogens with one attached hydrogen (secondary N) is 1. The minimum atomic E-state index is -0.288. The average Bonchev–Trinajstić information content (AvgIpc) is 2.74. The largest absolute Gasteiger partial charge is 0.305 e. The fourth-order valence-corrected chi connectivity index (χ4v) is 2.43. The smallest absolute Gasteiger partial charge is 0.268 e. The van der Waals surface area contributed by atoms with Crippen LogP contribution in [0.5, 0.6) is 0 Å². The maximum atomic E-state index is 11.8. The van der Waals surface area contributed by atoms with Crippen LogP contribution in [0.3, 0.4) is 0 Å². The highest BCUT2D eigenvalue weighted by Gasteiger charge is 2.15. The van der Waals surface area contributed by atoms with Crippen molar-refractivity contribution >= 4 is 22.6 Å². The minimum absolute atomic E-state index is 0.225. The fourth-order valence-electron chi connectivity index (χ4n) is 2.29. The molecule has 2 aromatic heterocycles.